The van der Waals surface area contributed by atoms with Crippen LogP contribution >= 0.6 is 11.8 Å². The van der Waals surface area contributed by atoms with Crippen LogP contribution in [0.4, 0.5) is 5.69 Å². The van der Waals surface area contributed by atoms with Crippen molar-refractivity contribution < 1.29 is 19.2 Å². The number of nitro benzene ring substituents is 1. The van der Waals surface area contributed by atoms with Crippen LogP contribution in [-0.2, 0) is 4.79 Å². The molecular weight excluding hydrogens is 438 g/mol. The topological polar surface area (TPSA) is 86.5 Å². The summed E-state index contributed by atoms with van der Waals surface area (Å²) in [5.41, 5.74) is 0.448. The first-order valence-corrected chi connectivity index (χ1v) is 12.6. The summed E-state index contributed by atoms with van der Waals surface area (Å²) < 4.78 is 5.36. The summed E-state index contributed by atoms with van der Waals surface area (Å²) >= 11 is 0.991. The lowest BCUT2D eigenvalue weighted by atomic mass is 10.1. The van der Waals surface area contributed by atoms with E-state index in [9.17, 15) is 19.7 Å². The predicted molar refractivity (Wildman–Crippen MR) is 132 cm³/mol. The standard InChI is InChI=1S/C26H33NO5S/c1-2-3-4-5-6-7-8-9-10-11-12-25(28)32-23-17-13-21(14-18-23)26(29)33-24-19-15-22(16-20-24)27(30)31/h13-20H,2-12H2,1H3. The average molecular weight is 472 g/mol. The molecule has 0 aromatic heterocycles. The number of ether oxygens (including phenoxy) is 1. The van der Waals surface area contributed by atoms with Crippen molar-refractivity contribution in [2.45, 2.75) is 82.4 Å². The number of nitrogens with zero attached hydrogens (tertiary/aromatic N) is 1. The largest absolute Gasteiger partial charge is 0.427 e. The number of carbonyl (C=O) groups is 2. The Morgan fingerprint density at radius 1 is 0.818 bits per heavy atom. The molecule has 2 rings (SSSR count). The molecule has 0 saturated carbocycles. The third kappa shape index (κ3) is 10.7. The Bertz CT molecular complexity index is 881. The van der Waals surface area contributed by atoms with Crippen molar-refractivity contribution in [3.05, 3.63) is 64.2 Å². The fraction of sp³-hybridized carbons (Fsp3) is 0.462. The second-order valence-electron chi connectivity index (χ2n) is 8.07. The van der Waals surface area contributed by atoms with Gasteiger partial charge in [-0.2, -0.15) is 0 Å². The fourth-order valence-electron chi connectivity index (χ4n) is 3.40. The van der Waals surface area contributed by atoms with Gasteiger partial charge in [0.15, 0.2) is 0 Å². The number of non-ortho nitro benzene ring substituents is 1. The van der Waals surface area contributed by atoms with Crippen molar-refractivity contribution in [3.8, 4) is 5.75 Å². The van der Waals surface area contributed by atoms with Gasteiger partial charge in [0.1, 0.15) is 5.75 Å². The molecule has 0 heterocycles. The summed E-state index contributed by atoms with van der Waals surface area (Å²) in [5.74, 6) is 0.165. The van der Waals surface area contributed by atoms with E-state index in [1.807, 2.05) is 0 Å². The molecule has 0 aliphatic heterocycles. The molecule has 0 saturated heterocycles. The predicted octanol–water partition coefficient (Wildman–Crippen LogP) is 7.74. The monoisotopic (exact) mass is 471 g/mol. The van der Waals surface area contributed by atoms with E-state index in [0.717, 1.165) is 31.0 Å². The number of thioether (sulfide) groups is 1. The summed E-state index contributed by atoms with van der Waals surface area (Å²) in [6.45, 7) is 2.23. The zero-order valence-electron chi connectivity index (χ0n) is 19.3. The molecule has 0 aliphatic rings. The average Bonchev–Trinajstić information content (AvgIpc) is 2.81. The minimum atomic E-state index is -0.479. The van der Waals surface area contributed by atoms with E-state index in [2.05, 4.69) is 6.92 Å². The van der Waals surface area contributed by atoms with Crippen molar-refractivity contribution >= 4 is 28.5 Å². The Balaban J connectivity index is 1.64. The Hall–Kier alpha value is -2.67. The molecule has 0 bridgehead atoms. The molecule has 0 aliphatic carbocycles. The van der Waals surface area contributed by atoms with Crippen molar-refractivity contribution in [2.75, 3.05) is 0 Å². The third-order valence-electron chi connectivity index (χ3n) is 5.31. The Labute approximate surface area is 200 Å². The van der Waals surface area contributed by atoms with Crippen LogP contribution in [0, 0.1) is 10.1 Å². The molecular formula is C26H33NO5S. The van der Waals surface area contributed by atoms with Gasteiger partial charge in [-0.1, -0.05) is 64.7 Å². The number of unbranched alkanes of at least 4 members (excludes halogenated alkanes) is 9. The Morgan fingerprint density at radius 3 is 1.91 bits per heavy atom. The van der Waals surface area contributed by atoms with Gasteiger partial charge >= 0.3 is 5.97 Å². The number of esters is 1. The molecule has 7 heteroatoms. The maximum atomic E-state index is 12.4. The second kappa shape index (κ2) is 15.2. The third-order valence-corrected chi connectivity index (χ3v) is 6.24. The molecule has 2 aromatic carbocycles. The maximum absolute atomic E-state index is 12.4. The lowest BCUT2D eigenvalue weighted by molar-refractivity contribution is -0.384. The van der Waals surface area contributed by atoms with Crippen molar-refractivity contribution in [1.29, 1.82) is 0 Å². The van der Waals surface area contributed by atoms with Gasteiger partial charge in [0.2, 0.25) is 5.12 Å². The highest BCUT2D eigenvalue weighted by molar-refractivity contribution is 8.14. The van der Waals surface area contributed by atoms with Crippen LogP contribution < -0.4 is 4.74 Å². The van der Waals surface area contributed by atoms with Crippen molar-refractivity contribution in [2.24, 2.45) is 0 Å². The summed E-state index contributed by atoms with van der Waals surface area (Å²) in [6, 6.07) is 12.3. The highest BCUT2D eigenvalue weighted by atomic mass is 32.2. The normalized spacial score (nSPS) is 10.7. The van der Waals surface area contributed by atoms with E-state index < -0.39 is 4.92 Å². The highest BCUT2D eigenvalue weighted by Gasteiger charge is 2.11. The van der Waals surface area contributed by atoms with E-state index in [-0.39, 0.29) is 16.8 Å². The molecule has 6 nitrogen and oxygen atoms in total. The number of benzene rings is 2. The van der Waals surface area contributed by atoms with Gasteiger partial charge in [-0.05, 0) is 54.6 Å². The maximum Gasteiger partial charge on any atom is 0.311 e. The first-order chi connectivity index (χ1) is 16.0. The summed E-state index contributed by atoms with van der Waals surface area (Å²) in [7, 11) is 0. The number of nitro groups is 1. The first kappa shape index (κ1) is 26.6. The summed E-state index contributed by atoms with van der Waals surface area (Å²) in [6.07, 6.45) is 12.5. The zero-order chi connectivity index (χ0) is 23.9. The van der Waals surface area contributed by atoms with Crippen LogP contribution in [0.1, 0.15) is 87.9 Å². The van der Waals surface area contributed by atoms with Gasteiger partial charge in [0, 0.05) is 29.0 Å². The lowest BCUT2D eigenvalue weighted by Gasteiger charge is -2.06. The SMILES string of the molecule is CCCCCCCCCCCCC(=O)Oc1ccc(C(=O)Sc2ccc([N+](=O)[O-])cc2)cc1. The van der Waals surface area contributed by atoms with E-state index in [1.165, 1.54) is 57.1 Å². The van der Waals surface area contributed by atoms with Crippen LogP contribution in [-0.4, -0.2) is 16.0 Å². The van der Waals surface area contributed by atoms with Gasteiger partial charge in [-0.3, -0.25) is 19.7 Å². The first-order valence-electron chi connectivity index (χ1n) is 11.8. The van der Waals surface area contributed by atoms with Crippen molar-refractivity contribution in [3.63, 3.8) is 0 Å². The number of rotatable bonds is 15. The van der Waals surface area contributed by atoms with Gasteiger partial charge in [-0.25, -0.2) is 0 Å². The fourth-order valence-corrected chi connectivity index (χ4v) is 4.14. The highest BCUT2D eigenvalue weighted by Crippen LogP contribution is 2.26. The van der Waals surface area contributed by atoms with Crippen molar-refractivity contribution in [1.82, 2.24) is 0 Å². The molecule has 0 unspecified atom stereocenters. The quantitative estimate of drug-likeness (QED) is 0.0659. The van der Waals surface area contributed by atoms with Crippen LogP contribution in [0.3, 0.4) is 0 Å². The molecule has 0 N–H and O–H groups in total. The van der Waals surface area contributed by atoms with E-state index in [0.29, 0.717) is 22.6 Å². The van der Waals surface area contributed by atoms with E-state index >= 15 is 0 Å². The van der Waals surface area contributed by atoms with Gasteiger partial charge < -0.3 is 4.74 Å². The molecule has 0 radical (unpaired) electrons. The lowest BCUT2D eigenvalue weighted by Crippen LogP contribution is -2.07. The summed E-state index contributed by atoms with van der Waals surface area (Å²) in [5, 5.41) is 10.5. The summed E-state index contributed by atoms with van der Waals surface area (Å²) in [4.78, 5) is 35.3. The van der Waals surface area contributed by atoms with E-state index in [4.69, 9.17) is 4.74 Å². The molecule has 0 atom stereocenters. The minimum absolute atomic E-state index is 0.0178. The number of hydrogen-bond donors (Lipinski definition) is 0. The van der Waals surface area contributed by atoms with Crippen LogP contribution in [0.5, 0.6) is 5.75 Å². The molecule has 0 spiro atoms. The zero-order valence-corrected chi connectivity index (χ0v) is 20.1. The van der Waals surface area contributed by atoms with Gasteiger partial charge in [0.05, 0.1) is 4.92 Å². The molecule has 33 heavy (non-hydrogen) atoms. The smallest absolute Gasteiger partial charge is 0.311 e. The molecule has 0 amide bonds. The van der Waals surface area contributed by atoms with Gasteiger partial charge in [-0.15, -0.1) is 0 Å². The van der Waals surface area contributed by atoms with Crippen LogP contribution in [0.2, 0.25) is 0 Å². The van der Waals surface area contributed by atoms with Crippen LogP contribution in [0.25, 0.3) is 0 Å². The molecule has 0 fully saturated rings. The number of hydrogen-bond acceptors (Lipinski definition) is 6. The number of carbonyl (C=O) groups excluding carboxylic acids is 2. The van der Waals surface area contributed by atoms with Gasteiger partial charge in [0.25, 0.3) is 5.69 Å². The second-order valence-corrected chi connectivity index (χ2v) is 9.12. The Kier molecular flexibility index (Phi) is 12.3. The molecule has 178 valence electrons. The van der Waals surface area contributed by atoms with E-state index in [1.54, 1.807) is 36.4 Å². The Morgan fingerprint density at radius 2 is 1.36 bits per heavy atom. The van der Waals surface area contributed by atoms with Crippen LogP contribution in [0.15, 0.2) is 53.4 Å². The minimum Gasteiger partial charge on any atom is -0.427 e. The molecule has 2 aromatic rings.